The Morgan fingerprint density at radius 3 is 2.45 bits per heavy atom. The average molecular weight is 472 g/mol. The Hall–Kier alpha value is -3.66. The van der Waals surface area contributed by atoms with Gasteiger partial charge in [-0.15, -0.1) is 0 Å². The molecule has 2 aliphatic heterocycles. The smallest absolute Gasteiger partial charge is 0.263 e. The number of rotatable bonds is 6. The molecule has 0 bridgehead atoms. The molecule has 2 aliphatic rings. The summed E-state index contributed by atoms with van der Waals surface area (Å²) in [7, 11) is 2.91. The lowest BCUT2D eigenvalue weighted by molar-refractivity contribution is -0.123. The number of carbonyl (C=O) groups excluding carboxylic acids is 3. The molecule has 10 nitrogen and oxygen atoms in total. The van der Waals surface area contributed by atoms with E-state index in [2.05, 4.69) is 15.7 Å². The fraction of sp³-hybridized carbons (Fsp3) is 0.318. The lowest BCUT2D eigenvalue weighted by atomic mass is 10.1. The number of fused-ring (bicyclic) bond motifs is 1. The van der Waals surface area contributed by atoms with E-state index < -0.39 is 29.8 Å². The highest BCUT2D eigenvalue weighted by Gasteiger charge is 2.55. The van der Waals surface area contributed by atoms with Crippen LogP contribution in [0.5, 0.6) is 11.5 Å². The van der Waals surface area contributed by atoms with Crippen molar-refractivity contribution in [2.24, 2.45) is 10.3 Å². The van der Waals surface area contributed by atoms with Crippen LogP contribution >= 0.6 is 11.6 Å². The topological polar surface area (TPSA) is 113 Å². The Kier molecular flexibility index (Phi) is 5.94. The van der Waals surface area contributed by atoms with Gasteiger partial charge in [-0.05, 0) is 43.2 Å². The molecule has 3 amide bonds. The molecule has 1 N–H and O–H groups in total. The van der Waals surface area contributed by atoms with Crippen molar-refractivity contribution in [1.82, 2.24) is 5.01 Å². The second-order valence-corrected chi connectivity index (χ2v) is 8.12. The van der Waals surface area contributed by atoms with Crippen LogP contribution in [-0.2, 0) is 14.4 Å². The summed E-state index contributed by atoms with van der Waals surface area (Å²) in [6.45, 7) is 3.55. The van der Waals surface area contributed by atoms with Gasteiger partial charge in [-0.3, -0.25) is 19.4 Å². The van der Waals surface area contributed by atoms with E-state index in [0.29, 0.717) is 22.9 Å². The van der Waals surface area contributed by atoms with Gasteiger partial charge >= 0.3 is 0 Å². The molecule has 0 radical (unpaired) electrons. The Bertz CT molecular complexity index is 1180. The Morgan fingerprint density at radius 2 is 1.79 bits per heavy atom. The normalized spacial score (nSPS) is 19.2. The number of carbonyl (C=O) groups is 3. The van der Waals surface area contributed by atoms with Crippen molar-refractivity contribution >= 4 is 40.7 Å². The third-order valence-electron chi connectivity index (χ3n) is 5.66. The fourth-order valence-electron chi connectivity index (χ4n) is 3.77. The summed E-state index contributed by atoms with van der Waals surface area (Å²) in [6, 6.07) is 6.41. The lowest BCUT2D eigenvalue weighted by Crippen LogP contribution is -2.43. The molecule has 0 aromatic heterocycles. The van der Waals surface area contributed by atoms with Crippen molar-refractivity contribution in [3.63, 3.8) is 0 Å². The van der Waals surface area contributed by atoms with Crippen LogP contribution in [0, 0.1) is 13.8 Å². The number of hydrogen-bond donors (Lipinski definition) is 1. The third-order valence-corrected chi connectivity index (χ3v) is 5.96. The summed E-state index contributed by atoms with van der Waals surface area (Å²) in [4.78, 5) is 39.8. The maximum Gasteiger partial charge on any atom is 0.263 e. The van der Waals surface area contributed by atoms with Crippen LogP contribution in [0.2, 0.25) is 5.02 Å². The number of benzene rings is 2. The first-order valence-corrected chi connectivity index (χ1v) is 10.5. The van der Waals surface area contributed by atoms with E-state index in [1.807, 2.05) is 19.9 Å². The molecule has 172 valence electrons. The van der Waals surface area contributed by atoms with Crippen LogP contribution in [0.4, 0.5) is 11.4 Å². The van der Waals surface area contributed by atoms with Crippen LogP contribution in [-0.4, -0.2) is 55.6 Å². The maximum atomic E-state index is 13.1. The van der Waals surface area contributed by atoms with E-state index in [-0.39, 0.29) is 11.6 Å². The summed E-state index contributed by atoms with van der Waals surface area (Å²) < 4.78 is 10.4. The zero-order valence-electron chi connectivity index (χ0n) is 18.5. The van der Waals surface area contributed by atoms with Crippen LogP contribution in [0.25, 0.3) is 0 Å². The highest BCUT2D eigenvalue weighted by atomic mass is 35.5. The van der Waals surface area contributed by atoms with Gasteiger partial charge in [0.1, 0.15) is 18.0 Å². The van der Waals surface area contributed by atoms with Gasteiger partial charge < -0.3 is 14.8 Å². The molecular formula is C22H22ClN5O5. The van der Waals surface area contributed by atoms with Crippen LogP contribution < -0.4 is 19.7 Å². The molecular weight excluding hydrogens is 450 g/mol. The van der Waals surface area contributed by atoms with Gasteiger partial charge in [0, 0.05) is 6.07 Å². The van der Waals surface area contributed by atoms with Crippen molar-refractivity contribution in [3.8, 4) is 11.5 Å². The minimum absolute atomic E-state index is 0.287. The number of methoxy groups -OCH3 is 2. The Labute approximate surface area is 195 Å². The molecule has 33 heavy (non-hydrogen) atoms. The predicted octanol–water partition coefficient (Wildman–Crippen LogP) is 2.91. The molecule has 2 atom stereocenters. The van der Waals surface area contributed by atoms with Crippen LogP contribution in [0.15, 0.2) is 40.7 Å². The molecule has 11 heteroatoms. The molecule has 0 saturated carbocycles. The monoisotopic (exact) mass is 471 g/mol. The van der Waals surface area contributed by atoms with E-state index in [0.717, 1.165) is 16.0 Å². The number of aryl methyl sites for hydroxylation is 2. The Balaban J connectivity index is 1.51. The maximum absolute atomic E-state index is 13.1. The summed E-state index contributed by atoms with van der Waals surface area (Å²) in [5.74, 6) is -0.693. The standard InChI is InChI=1S/C22H22ClN5O5/c1-11-5-6-13(7-12(11)2)28-21(30)19-20(22(28)31)27(26-25-19)10-18(29)24-15-8-14(23)16(32-3)9-17(15)33-4/h5-9,19-20H,10H2,1-4H3,(H,24,29)/t19-,20-/m1/s1. The summed E-state index contributed by atoms with van der Waals surface area (Å²) >= 11 is 6.15. The highest BCUT2D eigenvalue weighted by molar-refractivity contribution is 6.32. The third kappa shape index (κ3) is 3.97. The summed E-state index contributed by atoms with van der Waals surface area (Å²) in [5.41, 5.74) is 2.80. The fourth-order valence-corrected chi connectivity index (χ4v) is 4.01. The van der Waals surface area contributed by atoms with Crippen molar-refractivity contribution in [2.75, 3.05) is 31.0 Å². The minimum Gasteiger partial charge on any atom is -0.495 e. The van der Waals surface area contributed by atoms with Gasteiger partial charge in [0.2, 0.25) is 5.91 Å². The molecule has 0 spiro atoms. The summed E-state index contributed by atoms with van der Waals surface area (Å²) in [5, 5.41) is 12.0. The van der Waals surface area contributed by atoms with Crippen molar-refractivity contribution in [1.29, 1.82) is 0 Å². The van der Waals surface area contributed by atoms with Gasteiger partial charge in [0.25, 0.3) is 11.8 Å². The number of halogens is 1. The van der Waals surface area contributed by atoms with E-state index in [9.17, 15) is 14.4 Å². The van der Waals surface area contributed by atoms with Crippen molar-refractivity contribution < 1.29 is 23.9 Å². The van der Waals surface area contributed by atoms with Crippen molar-refractivity contribution in [3.05, 3.63) is 46.5 Å². The van der Waals surface area contributed by atoms with Gasteiger partial charge in [-0.1, -0.05) is 22.9 Å². The molecule has 2 aromatic carbocycles. The molecule has 0 unspecified atom stereocenters. The number of hydrogen-bond acceptors (Lipinski definition) is 8. The first-order valence-electron chi connectivity index (χ1n) is 10.1. The van der Waals surface area contributed by atoms with Crippen molar-refractivity contribution in [2.45, 2.75) is 25.9 Å². The Morgan fingerprint density at radius 1 is 1.06 bits per heavy atom. The van der Waals surface area contributed by atoms with Crippen LogP contribution in [0.1, 0.15) is 11.1 Å². The SMILES string of the molecule is COc1cc(OC)c(NC(=O)CN2N=N[C@H]3C(=O)N(c4ccc(C)c(C)c4)C(=O)[C@@H]32)cc1Cl. The molecule has 0 aliphatic carbocycles. The highest BCUT2D eigenvalue weighted by Crippen LogP contribution is 2.36. The second kappa shape index (κ2) is 8.70. The predicted molar refractivity (Wildman–Crippen MR) is 121 cm³/mol. The number of amides is 3. The van der Waals surface area contributed by atoms with Gasteiger partial charge in [0.05, 0.1) is 30.6 Å². The number of nitrogens with zero attached hydrogens (tertiary/aromatic N) is 4. The van der Waals surface area contributed by atoms with E-state index in [4.69, 9.17) is 21.1 Å². The zero-order chi connectivity index (χ0) is 23.9. The van der Waals surface area contributed by atoms with E-state index in [1.54, 1.807) is 18.2 Å². The van der Waals surface area contributed by atoms with Crippen LogP contribution in [0.3, 0.4) is 0 Å². The average Bonchev–Trinajstić information content (AvgIpc) is 3.30. The molecule has 1 fully saturated rings. The first kappa shape index (κ1) is 22.5. The number of anilines is 2. The first-order chi connectivity index (χ1) is 15.7. The molecule has 2 heterocycles. The zero-order valence-corrected chi connectivity index (χ0v) is 19.2. The number of nitrogens with one attached hydrogen (secondary N) is 1. The molecule has 4 rings (SSSR count). The minimum atomic E-state index is -0.989. The molecule has 1 saturated heterocycles. The lowest BCUT2D eigenvalue weighted by Gasteiger charge is -2.21. The quantitative estimate of drug-likeness (QED) is 0.648. The second-order valence-electron chi connectivity index (χ2n) is 7.71. The number of ether oxygens (including phenoxy) is 2. The van der Waals surface area contributed by atoms with Gasteiger partial charge in [-0.25, -0.2) is 4.90 Å². The number of imide groups is 1. The van der Waals surface area contributed by atoms with E-state index in [1.165, 1.54) is 25.3 Å². The van der Waals surface area contributed by atoms with Gasteiger partial charge in [0.15, 0.2) is 12.1 Å². The molecule has 2 aromatic rings. The van der Waals surface area contributed by atoms with E-state index >= 15 is 0 Å². The largest absolute Gasteiger partial charge is 0.495 e. The van der Waals surface area contributed by atoms with Gasteiger partial charge in [-0.2, -0.15) is 5.11 Å². The summed E-state index contributed by atoms with van der Waals surface area (Å²) in [6.07, 6.45) is 0.